The van der Waals surface area contributed by atoms with Gasteiger partial charge >= 0.3 is 0 Å². The molecule has 0 aliphatic carbocycles. The molecule has 0 atom stereocenters. The van der Waals surface area contributed by atoms with Crippen molar-refractivity contribution in [3.05, 3.63) is 63.6 Å². The summed E-state index contributed by atoms with van der Waals surface area (Å²) in [6, 6.07) is 10.6. The second kappa shape index (κ2) is 10.5. The van der Waals surface area contributed by atoms with Crippen LogP contribution in [0.5, 0.6) is 0 Å². The van der Waals surface area contributed by atoms with E-state index >= 15 is 0 Å². The first-order chi connectivity index (χ1) is 12.7. The minimum Gasteiger partial charge on any atom is -0.383 e. The number of hydrogen-bond acceptors (Lipinski definition) is 5. The summed E-state index contributed by atoms with van der Waals surface area (Å²) in [6.07, 6.45) is 0.962. The third kappa shape index (κ3) is 5.79. The van der Waals surface area contributed by atoms with Crippen LogP contribution in [0.2, 0.25) is 0 Å². The van der Waals surface area contributed by atoms with Crippen LogP contribution in [0, 0.1) is 0 Å². The van der Waals surface area contributed by atoms with Crippen molar-refractivity contribution in [3.63, 3.8) is 0 Å². The highest BCUT2D eigenvalue weighted by atomic mass is 16.5. The van der Waals surface area contributed by atoms with Gasteiger partial charge in [-0.05, 0) is 23.6 Å². The summed E-state index contributed by atoms with van der Waals surface area (Å²) in [6.45, 7) is 4.29. The van der Waals surface area contributed by atoms with Gasteiger partial charge in [-0.1, -0.05) is 31.2 Å². The minimum atomic E-state index is -0.333. The van der Waals surface area contributed by atoms with E-state index in [9.17, 15) is 9.59 Å². The predicted molar refractivity (Wildman–Crippen MR) is 97.9 cm³/mol. The van der Waals surface area contributed by atoms with Crippen LogP contribution in [0.3, 0.4) is 0 Å². The van der Waals surface area contributed by atoms with Crippen molar-refractivity contribution in [1.29, 1.82) is 0 Å². The number of amides is 1. The van der Waals surface area contributed by atoms with Crippen LogP contribution in [0.25, 0.3) is 0 Å². The van der Waals surface area contributed by atoms with Gasteiger partial charge in [0.1, 0.15) is 5.69 Å². The van der Waals surface area contributed by atoms with Crippen molar-refractivity contribution >= 4 is 5.91 Å². The monoisotopic (exact) mass is 359 g/mol. The van der Waals surface area contributed by atoms with E-state index in [1.807, 2.05) is 24.3 Å². The highest BCUT2D eigenvalue weighted by Gasteiger charge is 2.10. The first-order valence-corrected chi connectivity index (χ1v) is 8.65. The minimum absolute atomic E-state index is 0.195. The first kappa shape index (κ1) is 19.8. The lowest BCUT2D eigenvalue weighted by Gasteiger charge is -2.11. The van der Waals surface area contributed by atoms with Gasteiger partial charge in [-0.2, -0.15) is 5.10 Å². The molecule has 0 aliphatic heterocycles. The maximum Gasteiger partial charge on any atom is 0.271 e. The van der Waals surface area contributed by atoms with Gasteiger partial charge in [-0.25, -0.2) is 4.68 Å². The van der Waals surface area contributed by atoms with E-state index in [0.717, 1.165) is 17.5 Å². The number of nitrogens with one attached hydrogen (secondary N) is 1. The Balaban J connectivity index is 2.01. The van der Waals surface area contributed by atoms with Gasteiger partial charge in [0.15, 0.2) is 0 Å². The number of rotatable bonds is 10. The SMILES string of the molecule is CCCOCc1ccccc1CNC(=O)c1ccc(=O)n(CCOC)n1. The van der Waals surface area contributed by atoms with Gasteiger partial charge < -0.3 is 14.8 Å². The van der Waals surface area contributed by atoms with E-state index in [4.69, 9.17) is 9.47 Å². The molecule has 0 saturated heterocycles. The largest absolute Gasteiger partial charge is 0.383 e. The number of benzene rings is 1. The molecule has 0 bridgehead atoms. The molecule has 1 aromatic heterocycles. The van der Waals surface area contributed by atoms with Crippen molar-refractivity contribution in [3.8, 4) is 0 Å². The van der Waals surface area contributed by atoms with E-state index in [0.29, 0.717) is 32.9 Å². The molecule has 2 rings (SSSR count). The Morgan fingerprint density at radius 2 is 1.92 bits per heavy atom. The molecule has 7 heteroatoms. The van der Waals surface area contributed by atoms with Crippen molar-refractivity contribution in [2.45, 2.75) is 33.0 Å². The number of methoxy groups -OCH3 is 1. The van der Waals surface area contributed by atoms with Crippen molar-refractivity contribution in [2.75, 3.05) is 20.3 Å². The molecule has 2 aromatic rings. The number of carbonyl (C=O) groups is 1. The third-order valence-corrected chi connectivity index (χ3v) is 3.77. The molecule has 0 spiro atoms. The van der Waals surface area contributed by atoms with Gasteiger partial charge in [0.05, 0.1) is 19.8 Å². The molecule has 0 aliphatic rings. The summed E-state index contributed by atoms with van der Waals surface area (Å²) in [5.41, 5.74) is 1.96. The van der Waals surface area contributed by atoms with E-state index in [1.54, 1.807) is 7.11 Å². The second-order valence-corrected chi connectivity index (χ2v) is 5.78. The molecule has 7 nitrogen and oxygen atoms in total. The van der Waals surface area contributed by atoms with Crippen molar-refractivity contribution in [1.82, 2.24) is 15.1 Å². The van der Waals surface area contributed by atoms with Gasteiger partial charge in [-0.3, -0.25) is 9.59 Å². The molecule has 1 aromatic carbocycles. The predicted octanol–water partition coefficient (Wildman–Crippen LogP) is 1.75. The number of carbonyl (C=O) groups excluding carboxylic acids is 1. The summed E-state index contributed by atoms with van der Waals surface area (Å²) in [5, 5.41) is 6.94. The lowest BCUT2D eigenvalue weighted by Crippen LogP contribution is -2.30. The van der Waals surface area contributed by atoms with Crippen LogP contribution in [0.4, 0.5) is 0 Å². The molecule has 26 heavy (non-hydrogen) atoms. The molecule has 1 amide bonds. The molecule has 1 heterocycles. The molecular formula is C19H25N3O4. The topological polar surface area (TPSA) is 82.5 Å². The maximum atomic E-state index is 12.4. The molecule has 0 unspecified atom stereocenters. The average Bonchev–Trinajstić information content (AvgIpc) is 2.66. The average molecular weight is 359 g/mol. The summed E-state index contributed by atoms with van der Waals surface area (Å²) in [4.78, 5) is 24.1. The quantitative estimate of drug-likeness (QED) is 0.654. The van der Waals surface area contributed by atoms with Crippen LogP contribution in [-0.2, 0) is 29.2 Å². The van der Waals surface area contributed by atoms with E-state index in [-0.39, 0.29) is 17.2 Å². The Hall–Kier alpha value is -2.51. The highest BCUT2D eigenvalue weighted by molar-refractivity contribution is 5.91. The van der Waals surface area contributed by atoms with Gasteiger partial charge in [0.25, 0.3) is 11.5 Å². The molecule has 0 radical (unpaired) electrons. The zero-order valence-electron chi connectivity index (χ0n) is 15.2. The van der Waals surface area contributed by atoms with E-state index in [1.165, 1.54) is 16.8 Å². The summed E-state index contributed by atoms with van der Waals surface area (Å²) >= 11 is 0. The van der Waals surface area contributed by atoms with Crippen LogP contribution in [0.15, 0.2) is 41.2 Å². The number of nitrogens with zero attached hydrogens (tertiary/aromatic N) is 2. The fourth-order valence-electron chi connectivity index (χ4n) is 2.37. The second-order valence-electron chi connectivity index (χ2n) is 5.78. The molecule has 1 N–H and O–H groups in total. The standard InChI is InChI=1S/C19H25N3O4/c1-3-11-26-14-16-7-5-4-6-15(16)13-20-19(24)17-8-9-18(23)22(21-17)10-12-25-2/h4-9H,3,10-14H2,1-2H3,(H,20,24). The molecule has 0 fully saturated rings. The first-order valence-electron chi connectivity index (χ1n) is 8.65. The van der Waals surface area contributed by atoms with Gasteiger partial charge in [0.2, 0.25) is 0 Å². The smallest absolute Gasteiger partial charge is 0.271 e. The Morgan fingerprint density at radius 1 is 1.15 bits per heavy atom. The lowest BCUT2D eigenvalue weighted by atomic mass is 10.1. The fraction of sp³-hybridized carbons (Fsp3) is 0.421. The third-order valence-electron chi connectivity index (χ3n) is 3.77. The molecule has 140 valence electrons. The number of ether oxygens (including phenoxy) is 2. The Morgan fingerprint density at radius 3 is 2.65 bits per heavy atom. The Labute approximate surface area is 152 Å². The van der Waals surface area contributed by atoms with Gasteiger partial charge in [-0.15, -0.1) is 0 Å². The Kier molecular flexibility index (Phi) is 7.98. The zero-order valence-corrected chi connectivity index (χ0v) is 15.2. The summed E-state index contributed by atoms with van der Waals surface area (Å²) in [7, 11) is 1.54. The summed E-state index contributed by atoms with van der Waals surface area (Å²) < 4.78 is 11.8. The number of hydrogen-bond donors (Lipinski definition) is 1. The van der Waals surface area contributed by atoms with E-state index < -0.39 is 0 Å². The molecular weight excluding hydrogens is 334 g/mol. The van der Waals surface area contributed by atoms with E-state index in [2.05, 4.69) is 17.3 Å². The van der Waals surface area contributed by atoms with Crippen LogP contribution < -0.4 is 10.9 Å². The van der Waals surface area contributed by atoms with Crippen molar-refractivity contribution in [2.24, 2.45) is 0 Å². The lowest BCUT2D eigenvalue weighted by molar-refractivity contribution is 0.0940. The number of aromatic nitrogens is 2. The molecule has 0 saturated carbocycles. The highest BCUT2D eigenvalue weighted by Crippen LogP contribution is 2.10. The van der Waals surface area contributed by atoms with Crippen LogP contribution in [-0.4, -0.2) is 36.0 Å². The zero-order chi connectivity index (χ0) is 18.8. The van der Waals surface area contributed by atoms with Crippen molar-refractivity contribution < 1.29 is 14.3 Å². The maximum absolute atomic E-state index is 12.4. The van der Waals surface area contributed by atoms with Gasteiger partial charge in [0, 0.05) is 26.3 Å². The van der Waals surface area contributed by atoms with Crippen LogP contribution >= 0.6 is 0 Å². The normalized spacial score (nSPS) is 10.7. The summed E-state index contributed by atoms with van der Waals surface area (Å²) in [5.74, 6) is -0.333. The Bertz CT molecular complexity index is 773. The fourth-order valence-corrected chi connectivity index (χ4v) is 2.37. The van der Waals surface area contributed by atoms with Crippen LogP contribution in [0.1, 0.15) is 35.0 Å².